The zero-order valence-corrected chi connectivity index (χ0v) is 22.6. The lowest BCUT2D eigenvalue weighted by molar-refractivity contribution is 0.669. The molecule has 0 amide bonds. The van der Waals surface area contributed by atoms with Crippen LogP contribution in [0.1, 0.15) is 54.9 Å². The van der Waals surface area contributed by atoms with Gasteiger partial charge in [0, 0.05) is 33.2 Å². The summed E-state index contributed by atoms with van der Waals surface area (Å²) in [6.45, 7) is 6.75. The van der Waals surface area contributed by atoms with Crippen LogP contribution in [0.3, 0.4) is 0 Å². The summed E-state index contributed by atoms with van der Waals surface area (Å²) >= 11 is 0. The van der Waals surface area contributed by atoms with Crippen molar-refractivity contribution < 1.29 is 4.42 Å². The molecule has 0 saturated carbocycles. The Hall–Kier alpha value is -4.37. The van der Waals surface area contributed by atoms with Crippen LogP contribution in [0, 0.1) is 6.92 Å². The van der Waals surface area contributed by atoms with Crippen molar-refractivity contribution in [1.29, 1.82) is 0 Å². The second-order valence-electron chi connectivity index (χ2n) is 10.9. The minimum atomic E-state index is 0.379. The van der Waals surface area contributed by atoms with Crippen LogP contribution in [0.25, 0.3) is 60.8 Å². The standard InChI is InChI=1S/C36H30N2O/c1-4-10-23-12-8-14-27-24(5-2)28-15-9-16-31-33(28)38(32(23)27)36(37-31)25-19-20-29-30-18-17-22-11-6-7-13-26(22)35(30)39-34(29)21(25)3/h6-9,11-20,24H,4-5,10H2,1-3H3. The molecule has 7 aromatic rings. The Kier molecular flexibility index (Phi) is 4.82. The molecular formula is C36H30N2O. The number of rotatable bonds is 4. The molecule has 5 aromatic carbocycles. The van der Waals surface area contributed by atoms with Crippen molar-refractivity contribution in [3.63, 3.8) is 0 Å². The van der Waals surface area contributed by atoms with Gasteiger partial charge in [-0.15, -0.1) is 0 Å². The lowest BCUT2D eigenvalue weighted by Gasteiger charge is -2.30. The number of para-hydroxylation sites is 2. The van der Waals surface area contributed by atoms with Crippen LogP contribution in [-0.2, 0) is 6.42 Å². The lowest BCUT2D eigenvalue weighted by Crippen LogP contribution is -2.16. The number of aromatic nitrogens is 2. The van der Waals surface area contributed by atoms with Gasteiger partial charge in [0.2, 0.25) is 0 Å². The molecule has 2 aromatic heterocycles. The Morgan fingerprint density at radius 3 is 2.44 bits per heavy atom. The predicted octanol–water partition coefficient (Wildman–Crippen LogP) is 9.86. The first-order valence-electron chi connectivity index (χ1n) is 14.2. The number of nitrogens with zero attached hydrogens (tertiary/aromatic N) is 2. The van der Waals surface area contributed by atoms with Gasteiger partial charge in [-0.3, -0.25) is 4.57 Å². The zero-order chi connectivity index (χ0) is 26.2. The van der Waals surface area contributed by atoms with E-state index in [2.05, 4.69) is 110 Å². The summed E-state index contributed by atoms with van der Waals surface area (Å²) in [7, 11) is 0. The Bertz CT molecular complexity index is 2090. The molecule has 8 rings (SSSR count). The van der Waals surface area contributed by atoms with Gasteiger partial charge in [-0.1, -0.05) is 87.0 Å². The molecule has 39 heavy (non-hydrogen) atoms. The summed E-state index contributed by atoms with van der Waals surface area (Å²) in [6, 6.07) is 30.8. The summed E-state index contributed by atoms with van der Waals surface area (Å²) in [5.74, 6) is 1.38. The van der Waals surface area contributed by atoms with Crippen LogP contribution in [0.15, 0.2) is 89.3 Å². The molecule has 3 nitrogen and oxygen atoms in total. The topological polar surface area (TPSA) is 31.0 Å². The third-order valence-electron chi connectivity index (χ3n) is 8.78. The summed E-state index contributed by atoms with van der Waals surface area (Å²) in [4.78, 5) is 5.32. The highest BCUT2D eigenvalue weighted by Crippen LogP contribution is 2.47. The maximum atomic E-state index is 6.67. The van der Waals surface area contributed by atoms with Gasteiger partial charge in [0.15, 0.2) is 0 Å². The van der Waals surface area contributed by atoms with E-state index in [-0.39, 0.29) is 0 Å². The van der Waals surface area contributed by atoms with Gasteiger partial charge in [-0.25, -0.2) is 4.98 Å². The Labute approximate surface area is 227 Å². The van der Waals surface area contributed by atoms with Gasteiger partial charge in [-0.2, -0.15) is 0 Å². The maximum absolute atomic E-state index is 6.67. The van der Waals surface area contributed by atoms with Gasteiger partial charge >= 0.3 is 0 Å². The molecule has 0 bridgehead atoms. The van der Waals surface area contributed by atoms with Gasteiger partial charge in [0.25, 0.3) is 0 Å². The third-order valence-corrected chi connectivity index (χ3v) is 8.78. The van der Waals surface area contributed by atoms with Gasteiger partial charge in [-0.05, 0) is 60.0 Å². The average molecular weight is 507 g/mol. The van der Waals surface area contributed by atoms with E-state index >= 15 is 0 Å². The van der Waals surface area contributed by atoms with E-state index in [9.17, 15) is 0 Å². The maximum Gasteiger partial charge on any atom is 0.146 e. The van der Waals surface area contributed by atoms with Crippen LogP contribution >= 0.6 is 0 Å². The zero-order valence-electron chi connectivity index (χ0n) is 22.6. The van der Waals surface area contributed by atoms with E-state index in [1.165, 1.54) is 33.3 Å². The van der Waals surface area contributed by atoms with E-state index in [1.54, 1.807) is 0 Å². The Balaban J connectivity index is 1.46. The monoisotopic (exact) mass is 506 g/mol. The predicted molar refractivity (Wildman–Crippen MR) is 162 cm³/mol. The second-order valence-corrected chi connectivity index (χ2v) is 10.9. The van der Waals surface area contributed by atoms with Crippen molar-refractivity contribution in [1.82, 2.24) is 9.55 Å². The molecule has 0 fully saturated rings. The normalized spacial score (nSPS) is 14.6. The number of hydrogen-bond donors (Lipinski definition) is 0. The minimum absolute atomic E-state index is 0.379. The van der Waals surface area contributed by atoms with E-state index < -0.39 is 0 Å². The largest absolute Gasteiger partial charge is 0.455 e. The molecule has 3 heterocycles. The summed E-state index contributed by atoms with van der Waals surface area (Å²) in [6.07, 6.45) is 3.23. The molecule has 1 unspecified atom stereocenters. The van der Waals surface area contributed by atoms with E-state index in [0.29, 0.717) is 5.92 Å². The fourth-order valence-corrected chi connectivity index (χ4v) is 7.02. The number of benzene rings is 5. The summed E-state index contributed by atoms with van der Waals surface area (Å²) in [5.41, 5.74) is 12.0. The first-order chi connectivity index (χ1) is 19.2. The first-order valence-corrected chi connectivity index (χ1v) is 14.2. The molecule has 1 aliphatic heterocycles. The quantitative estimate of drug-likeness (QED) is 0.238. The van der Waals surface area contributed by atoms with Crippen molar-refractivity contribution >= 4 is 43.7 Å². The molecule has 3 heteroatoms. The molecule has 1 aliphatic rings. The van der Waals surface area contributed by atoms with Crippen LogP contribution in [0.5, 0.6) is 0 Å². The number of fused-ring (bicyclic) bond motifs is 7. The summed E-state index contributed by atoms with van der Waals surface area (Å²) in [5, 5.41) is 4.67. The van der Waals surface area contributed by atoms with Crippen molar-refractivity contribution in [2.75, 3.05) is 0 Å². The van der Waals surface area contributed by atoms with E-state index in [1.807, 2.05) is 0 Å². The molecule has 0 saturated heterocycles. The smallest absolute Gasteiger partial charge is 0.146 e. The highest BCUT2D eigenvalue weighted by molar-refractivity contribution is 6.16. The number of imidazole rings is 1. The molecule has 0 spiro atoms. The molecule has 1 atom stereocenters. The van der Waals surface area contributed by atoms with Crippen LogP contribution in [-0.4, -0.2) is 9.55 Å². The number of furan rings is 1. The average Bonchev–Trinajstić information content (AvgIpc) is 3.54. The summed E-state index contributed by atoms with van der Waals surface area (Å²) < 4.78 is 9.13. The minimum Gasteiger partial charge on any atom is -0.455 e. The molecule has 190 valence electrons. The number of hydrogen-bond acceptors (Lipinski definition) is 2. The fraction of sp³-hybridized carbons (Fsp3) is 0.194. The lowest BCUT2D eigenvalue weighted by atomic mass is 9.83. The molecule has 0 N–H and O–H groups in total. The van der Waals surface area contributed by atoms with Crippen molar-refractivity contribution in [3.05, 3.63) is 107 Å². The van der Waals surface area contributed by atoms with Gasteiger partial charge < -0.3 is 4.42 Å². The van der Waals surface area contributed by atoms with Crippen LogP contribution in [0.2, 0.25) is 0 Å². The Morgan fingerprint density at radius 1 is 0.769 bits per heavy atom. The van der Waals surface area contributed by atoms with Crippen molar-refractivity contribution in [3.8, 4) is 17.1 Å². The molecule has 0 aliphatic carbocycles. The van der Waals surface area contributed by atoms with Gasteiger partial charge in [0.1, 0.15) is 17.0 Å². The highest BCUT2D eigenvalue weighted by Gasteiger charge is 2.31. The van der Waals surface area contributed by atoms with Gasteiger partial charge in [0.05, 0.1) is 16.7 Å². The number of aryl methyl sites for hydroxylation is 2. The van der Waals surface area contributed by atoms with E-state index in [0.717, 1.165) is 69.1 Å². The van der Waals surface area contributed by atoms with Crippen molar-refractivity contribution in [2.24, 2.45) is 0 Å². The van der Waals surface area contributed by atoms with Crippen LogP contribution < -0.4 is 0 Å². The molecular weight excluding hydrogens is 476 g/mol. The third kappa shape index (κ3) is 3.02. The fourth-order valence-electron chi connectivity index (χ4n) is 7.02. The second kappa shape index (κ2) is 8.31. The van der Waals surface area contributed by atoms with E-state index in [4.69, 9.17) is 9.40 Å². The van der Waals surface area contributed by atoms with Crippen LogP contribution in [0.4, 0.5) is 0 Å². The van der Waals surface area contributed by atoms with Crippen molar-refractivity contribution in [2.45, 2.75) is 46.0 Å². The SMILES string of the molecule is CCCc1cccc2c1-n1c(-c3ccc4c(oc5c6ccccc6ccc45)c3C)nc3cccc(c31)C2CC. The first kappa shape index (κ1) is 22.6. The highest BCUT2D eigenvalue weighted by atomic mass is 16.3. The molecule has 0 radical (unpaired) electrons. The Morgan fingerprint density at radius 2 is 1.56 bits per heavy atom.